The van der Waals surface area contributed by atoms with Crippen molar-refractivity contribution in [1.29, 1.82) is 0 Å². The zero-order valence-electron chi connectivity index (χ0n) is 12.7. The maximum Gasteiger partial charge on any atom is 0.313 e. The Labute approximate surface area is 124 Å². The predicted molar refractivity (Wildman–Crippen MR) is 80.7 cm³/mol. The number of methoxy groups -OCH3 is 2. The van der Waals surface area contributed by atoms with Gasteiger partial charge in [0, 0.05) is 12.6 Å². The van der Waals surface area contributed by atoms with Crippen LogP contribution in [0, 0.1) is 0 Å². The lowest BCUT2D eigenvalue weighted by Crippen LogP contribution is -2.35. The fourth-order valence-corrected chi connectivity index (χ4v) is 1.74. The number of ether oxygens (including phenoxy) is 2. The first kappa shape index (κ1) is 16.8. The van der Waals surface area contributed by atoms with E-state index < -0.39 is 11.8 Å². The zero-order valence-corrected chi connectivity index (χ0v) is 12.7. The van der Waals surface area contributed by atoms with Crippen LogP contribution in [0.15, 0.2) is 18.2 Å². The average molecular weight is 294 g/mol. The van der Waals surface area contributed by atoms with Crippen molar-refractivity contribution < 1.29 is 19.1 Å². The number of carbonyl (C=O) groups excluding carboxylic acids is 2. The maximum atomic E-state index is 11.8. The number of benzene rings is 1. The Hall–Kier alpha value is -2.24. The van der Waals surface area contributed by atoms with Crippen LogP contribution in [0.4, 0.5) is 5.69 Å². The van der Waals surface area contributed by atoms with Gasteiger partial charge in [0.25, 0.3) is 0 Å². The lowest BCUT2D eigenvalue weighted by atomic mass is 10.2. The van der Waals surface area contributed by atoms with Crippen molar-refractivity contribution in [2.24, 2.45) is 0 Å². The van der Waals surface area contributed by atoms with Crippen molar-refractivity contribution in [1.82, 2.24) is 5.32 Å². The first-order chi connectivity index (χ1) is 10.1. The second kappa shape index (κ2) is 8.84. The smallest absolute Gasteiger partial charge is 0.313 e. The van der Waals surface area contributed by atoms with Gasteiger partial charge >= 0.3 is 11.8 Å². The van der Waals surface area contributed by atoms with Gasteiger partial charge in [-0.15, -0.1) is 0 Å². The normalized spacial score (nSPS) is 9.86. The summed E-state index contributed by atoms with van der Waals surface area (Å²) in [6.45, 7) is 2.57. The van der Waals surface area contributed by atoms with E-state index in [4.69, 9.17) is 9.47 Å². The Bertz CT molecular complexity index is 489. The average Bonchev–Trinajstić information content (AvgIpc) is 2.51. The Morgan fingerprint density at radius 2 is 1.86 bits per heavy atom. The molecule has 0 aliphatic heterocycles. The Morgan fingerprint density at radius 1 is 1.10 bits per heavy atom. The van der Waals surface area contributed by atoms with Gasteiger partial charge in [-0.2, -0.15) is 0 Å². The molecule has 2 N–H and O–H groups in total. The molecule has 0 aliphatic carbocycles. The highest BCUT2D eigenvalue weighted by Crippen LogP contribution is 2.28. The molecule has 0 saturated heterocycles. The van der Waals surface area contributed by atoms with Crippen molar-refractivity contribution in [3.05, 3.63) is 18.2 Å². The molecule has 0 radical (unpaired) electrons. The summed E-state index contributed by atoms with van der Waals surface area (Å²) in [5, 5.41) is 5.10. The minimum Gasteiger partial charge on any atom is -0.497 e. The predicted octanol–water partition coefficient (Wildman–Crippen LogP) is 1.95. The zero-order chi connectivity index (χ0) is 15.7. The summed E-state index contributed by atoms with van der Waals surface area (Å²) in [4.78, 5) is 23.4. The van der Waals surface area contributed by atoms with E-state index in [0.29, 0.717) is 23.7 Å². The van der Waals surface area contributed by atoms with Gasteiger partial charge in [-0.3, -0.25) is 9.59 Å². The summed E-state index contributed by atoms with van der Waals surface area (Å²) < 4.78 is 10.2. The number of amides is 2. The maximum absolute atomic E-state index is 11.8. The number of unbranched alkanes of at least 4 members (excludes halogenated alkanes) is 2. The monoisotopic (exact) mass is 294 g/mol. The van der Waals surface area contributed by atoms with Crippen LogP contribution in [-0.2, 0) is 9.59 Å². The molecule has 2 amide bonds. The van der Waals surface area contributed by atoms with E-state index in [1.54, 1.807) is 18.2 Å². The largest absolute Gasteiger partial charge is 0.497 e. The number of hydrogen-bond donors (Lipinski definition) is 2. The van der Waals surface area contributed by atoms with E-state index in [2.05, 4.69) is 17.6 Å². The molecule has 6 nitrogen and oxygen atoms in total. The third-order valence-electron chi connectivity index (χ3n) is 2.93. The van der Waals surface area contributed by atoms with Crippen LogP contribution >= 0.6 is 0 Å². The highest BCUT2D eigenvalue weighted by atomic mass is 16.5. The van der Waals surface area contributed by atoms with Gasteiger partial charge < -0.3 is 20.1 Å². The van der Waals surface area contributed by atoms with Gasteiger partial charge in [0.05, 0.1) is 19.9 Å². The van der Waals surface area contributed by atoms with Crippen LogP contribution in [0.2, 0.25) is 0 Å². The van der Waals surface area contributed by atoms with E-state index >= 15 is 0 Å². The number of carbonyl (C=O) groups is 2. The second-order valence-electron chi connectivity index (χ2n) is 4.48. The highest BCUT2D eigenvalue weighted by molar-refractivity contribution is 6.39. The van der Waals surface area contributed by atoms with Crippen LogP contribution in [0.3, 0.4) is 0 Å². The standard InChI is InChI=1S/C15H22N2O4/c1-4-5-6-9-16-14(18)15(19)17-12-8-7-11(20-2)10-13(12)21-3/h7-8,10H,4-6,9H2,1-3H3,(H,16,18)(H,17,19). The van der Waals surface area contributed by atoms with Crippen molar-refractivity contribution >= 4 is 17.5 Å². The summed E-state index contributed by atoms with van der Waals surface area (Å²) in [5.41, 5.74) is 0.423. The van der Waals surface area contributed by atoms with Crippen molar-refractivity contribution in [2.75, 3.05) is 26.1 Å². The second-order valence-corrected chi connectivity index (χ2v) is 4.48. The molecule has 1 aromatic carbocycles. The first-order valence-electron chi connectivity index (χ1n) is 6.93. The Morgan fingerprint density at radius 3 is 2.48 bits per heavy atom. The van der Waals surface area contributed by atoms with Crippen molar-refractivity contribution in [2.45, 2.75) is 26.2 Å². The van der Waals surface area contributed by atoms with Crippen LogP contribution < -0.4 is 20.1 Å². The van der Waals surface area contributed by atoms with Gasteiger partial charge in [-0.05, 0) is 18.6 Å². The molecule has 1 aromatic rings. The fraction of sp³-hybridized carbons (Fsp3) is 0.467. The van der Waals surface area contributed by atoms with Crippen LogP contribution in [-0.4, -0.2) is 32.6 Å². The molecule has 0 fully saturated rings. The molecular weight excluding hydrogens is 272 g/mol. The summed E-state index contributed by atoms with van der Waals surface area (Å²) in [6.07, 6.45) is 2.95. The molecule has 0 aliphatic rings. The minimum absolute atomic E-state index is 0.423. The molecule has 0 saturated carbocycles. The van der Waals surface area contributed by atoms with Crippen LogP contribution in [0.5, 0.6) is 11.5 Å². The SMILES string of the molecule is CCCCCNC(=O)C(=O)Nc1ccc(OC)cc1OC. The van der Waals surface area contributed by atoms with E-state index in [9.17, 15) is 9.59 Å². The quantitative estimate of drug-likeness (QED) is 0.595. The molecular formula is C15H22N2O4. The Kier molecular flexibility index (Phi) is 7.08. The Balaban J connectivity index is 2.59. The lowest BCUT2D eigenvalue weighted by Gasteiger charge is -2.11. The van der Waals surface area contributed by atoms with Crippen LogP contribution in [0.1, 0.15) is 26.2 Å². The first-order valence-corrected chi connectivity index (χ1v) is 6.93. The number of anilines is 1. The van der Waals surface area contributed by atoms with Crippen LogP contribution in [0.25, 0.3) is 0 Å². The van der Waals surface area contributed by atoms with E-state index in [1.165, 1.54) is 14.2 Å². The van der Waals surface area contributed by atoms with E-state index in [0.717, 1.165) is 19.3 Å². The number of rotatable bonds is 7. The molecule has 1 rings (SSSR count). The molecule has 6 heteroatoms. The molecule has 0 aromatic heterocycles. The number of hydrogen-bond acceptors (Lipinski definition) is 4. The topological polar surface area (TPSA) is 76.7 Å². The van der Waals surface area contributed by atoms with Gasteiger partial charge in [0.15, 0.2) is 0 Å². The third kappa shape index (κ3) is 5.33. The summed E-state index contributed by atoms with van der Waals surface area (Å²) in [5.74, 6) is -0.325. The molecule has 21 heavy (non-hydrogen) atoms. The molecule has 0 heterocycles. The number of nitrogens with one attached hydrogen (secondary N) is 2. The third-order valence-corrected chi connectivity index (χ3v) is 2.93. The summed E-state index contributed by atoms with van der Waals surface area (Å²) in [6, 6.07) is 4.94. The molecule has 0 spiro atoms. The summed E-state index contributed by atoms with van der Waals surface area (Å²) in [7, 11) is 3.02. The summed E-state index contributed by atoms with van der Waals surface area (Å²) >= 11 is 0. The van der Waals surface area contributed by atoms with E-state index in [-0.39, 0.29) is 0 Å². The fourth-order valence-electron chi connectivity index (χ4n) is 1.74. The van der Waals surface area contributed by atoms with E-state index in [1.807, 2.05) is 0 Å². The van der Waals surface area contributed by atoms with Gasteiger partial charge in [-0.25, -0.2) is 0 Å². The van der Waals surface area contributed by atoms with Gasteiger partial charge in [0.1, 0.15) is 11.5 Å². The van der Waals surface area contributed by atoms with Crippen molar-refractivity contribution in [3.63, 3.8) is 0 Å². The van der Waals surface area contributed by atoms with Gasteiger partial charge in [0.2, 0.25) is 0 Å². The lowest BCUT2D eigenvalue weighted by molar-refractivity contribution is -0.136. The van der Waals surface area contributed by atoms with Crippen molar-refractivity contribution in [3.8, 4) is 11.5 Å². The highest BCUT2D eigenvalue weighted by Gasteiger charge is 2.15. The minimum atomic E-state index is -0.713. The molecule has 0 atom stereocenters. The molecule has 0 bridgehead atoms. The van der Waals surface area contributed by atoms with Gasteiger partial charge in [-0.1, -0.05) is 19.8 Å². The molecule has 116 valence electrons. The molecule has 0 unspecified atom stereocenters.